The van der Waals surface area contributed by atoms with Gasteiger partial charge in [0.15, 0.2) is 11.5 Å². The molecule has 2 aromatic carbocycles. The normalized spacial score (nSPS) is 13.8. The summed E-state index contributed by atoms with van der Waals surface area (Å²) in [5.74, 6) is 1.75. The maximum Gasteiger partial charge on any atom is 0.238 e. The zero-order valence-electron chi connectivity index (χ0n) is 17.2. The van der Waals surface area contributed by atoms with Crippen molar-refractivity contribution in [1.82, 2.24) is 5.32 Å². The first kappa shape index (κ1) is 20.4. The number of amides is 1. The number of hydrogen-bond donors (Lipinski definition) is 2. The smallest absolute Gasteiger partial charge is 0.238 e. The number of nitrogens with one attached hydrogen (secondary N) is 2. The van der Waals surface area contributed by atoms with Crippen molar-refractivity contribution in [2.45, 2.75) is 25.8 Å². The van der Waals surface area contributed by atoms with Crippen LogP contribution in [-0.4, -0.2) is 25.7 Å². The molecule has 0 saturated heterocycles. The predicted octanol–water partition coefficient (Wildman–Crippen LogP) is 4.96. The molecule has 0 saturated carbocycles. The van der Waals surface area contributed by atoms with Gasteiger partial charge in [0.1, 0.15) is 13.2 Å². The first-order chi connectivity index (χ1) is 14.6. The van der Waals surface area contributed by atoms with Gasteiger partial charge in [-0.25, -0.2) is 0 Å². The summed E-state index contributed by atoms with van der Waals surface area (Å²) in [6.45, 7) is 5.64. The van der Waals surface area contributed by atoms with Gasteiger partial charge >= 0.3 is 0 Å². The molecule has 6 heteroatoms. The Hall–Kier alpha value is -2.83. The second-order valence-electron chi connectivity index (χ2n) is 7.56. The molecule has 0 radical (unpaired) electrons. The van der Waals surface area contributed by atoms with Crippen LogP contribution in [0.1, 0.15) is 41.8 Å². The summed E-state index contributed by atoms with van der Waals surface area (Å²) in [5, 5.41) is 8.40. The van der Waals surface area contributed by atoms with Gasteiger partial charge in [0.25, 0.3) is 0 Å². The van der Waals surface area contributed by atoms with E-state index in [4.69, 9.17) is 9.47 Å². The molecule has 5 nitrogen and oxygen atoms in total. The summed E-state index contributed by atoms with van der Waals surface area (Å²) in [5.41, 5.74) is 3.15. The van der Waals surface area contributed by atoms with E-state index < -0.39 is 0 Å². The van der Waals surface area contributed by atoms with E-state index in [1.165, 1.54) is 10.4 Å². The molecule has 156 valence electrons. The Balaban J connectivity index is 1.43. The molecule has 2 N–H and O–H groups in total. The lowest BCUT2D eigenvalue weighted by atomic mass is 9.98. The van der Waals surface area contributed by atoms with Gasteiger partial charge in [0, 0.05) is 16.6 Å². The van der Waals surface area contributed by atoms with E-state index in [0.717, 1.165) is 5.56 Å². The summed E-state index contributed by atoms with van der Waals surface area (Å²) in [6.07, 6.45) is 0. The number of fused-ring (bicyclic) bond motifs is 1. The molecule has 1 aromatic heterocycles. The monoisotopic (exact) mass is 422 g/mol. The molecule has 0 bridgehead atoms. The summed E-state index contributed by atoms with van der Waals surface area (Å²) in [6, 6.07) is 18.2. The van der Waals surface area contributed by atoms with Crippen molar-refractivity contribution in [2.24, 2.45) is 0 Å². The number of hydrogen-bond acceptors (Lipinski definition) is 5. The molecule has 1 aliphatic rings. The average Bonchev–Trinajstić information content (AvgIpc) is 3.29. The molecular weight excluding hydrogens is 396 g/mol. The third-order valence-electron chi connectivity index (χ3n) is 5.06. The average molecular weight is 423 g/mol. The zero-order valence-corrected chi connectivity index (χ0v) is 18.0. The first-order valence-corrected chi connectivity index (χ1v) is 11.0. The van der Waals surface area contributed by atoms with Crippen LogP contribution in [0.5, 0.6) is 11.5 Å². The number of ether oxygens (including phenoxy) is 2. The molecule has 4 rings (SSSR count). The van der Waals surface area contributed by atoms with Crippen LogP contribution in [0.25, 0.3) is 0 Å². The predicted molar refractivity (Wildman–Crippen MR) is 121 cm³/mol. The highest BCUT2D eigenvalue weighted by molar-refractivity contribution is 7.10. The SMILES string of the molecule is CC(C)c1ccc([C@@H](NCC(=O)Nc2ccc3c(c2)OCCO3)c2cccs2)cc1. The van der Waals surface area contributed by atoms with Crippen LogP contribution in [0, 0.1) is 0 Å². The molecule has 0 spiro atoms. The van der Waals surface area contributed by atoms with E-state index in [-0.39, 0.29) is 18.5 Å². The Morgan fingerprint density at radius 1 is 1.00 bits per heavy atom. The van der Waals surface area contributed by atoms with Crippen molar-refractivity contribution in [3.05, 3.63) is 76.0 Å². The van der Waals surface area contributed by atoms with E-state index in [9.17, 15) is 4.79 Å². The summed E-state index contributed by atoms with van der Waals surface area (Å²) in [7, 11) is 0. The maximum atomic E-state index is 12.6. The lowest BCUT2D eigenvalue weighted by Crippen LogP contribution is -2.31. The molecule has 1 amide bonds. The van der Waals surface area contributed by atoms with Crippen LogP contribution in [-0.2, 0) is 4.79 Å². The minimum Gasteiger partial charge on any atom is -0.486 e. The quantitative estimate of drug-likeness (QED) is 0.565. The van der Waals surface area contributed by atoms with Gasteiger partial charge in [-0.15, -0.1) is 11.3 Å². The van der Waals surface area contributed by atoms with Gasteiger partial charge in [-0.1, -0.05) is 44.2 Å². The molecule has 30 heavy (non-hydrogen) atoms. The van der Waals surface area contributed by atoms with E-state index in [1.807, 2.05) is 18.2 Å². The van der Waals surface area contributed by atoms with Crippen LogP contribution in [0.15, 0.2) is 60.0 Å². The largest absolute Gasteiger partial charge is 0.486 e. The van der Waals surface area contributed by atoms with Crippen molar-refractivity contribution in [3.8, 4) is 11.5 Å². The summed E-state index contributed by atoms with van der Waals surface area (Å²) < 4.78 is 11.1. The van der Waals surface area contributed by atoms with E-state index in [0.29, 0.717) is 36.3 Å². The number of benzene rings is 2. The molecule has 3 aromatic rings. The van der Waals surface area contributed by atoms with Crippen molar-refractivity contribution < 1.29 is 14.3 Å². The number of thiophene rings is 1. The Kier molecular flexibility index (Phi) is 6.35. The van der Waals surface area contributed by atoms with Gasteiger partial charge in [0.2, 0.25) is 5.91 Å². The van der Waals surface area contributed by atoms with Crippen molar-refractivity contribution in [3.63, 3.8) is 0 Å². The number of rotatable bonds is 7. The molecule has 1 aliphatic heterocycles. The Morgan fingerprint density at radius 2 is 1.73 bits per heavy atom. The fourth-order valence-electron chi connectivity index (χ4n) is 3.43. The van der Waals surface area contributed by atoms with Gasteiger partial charge in [-0.3, -0.25) is 10.1 Å². The third kappa shape index (κ3) is 4.83. The Morgan fingerprint density at radius 3 is 2.43 bits per heavy atom. The molecule has 2 heterocycles. The standard InChI is InChI=1S/C24H26N2O3S/c1-16(2)17-5-7-18(8-6-17)24(22-4-3-13-30-22)25-15-23(27)26-19-9-10-20-21(14-19)29-12-11-28-20/h3-10,13-14,16,24-25H,11-12,15H2,1-2H3,(H,26,27)/t24-/m1/s1. The number of carbonyl (C=O) groups is 1. The highest BCUT2D eigenvalue weighted by Gasteiger charge is 2.17. The van der Waals surface area contributed by atoms with Gasteiger partial charge in [-0.2, -0.15) is 0 Å². The van der Waals surface area contributed by atoms with Crippen LogP contribution in [0.2, 0.25) is 0 Å². The summed E-state index contributed by atoms with van der Waals surface area (Å²) >= 11 is 1.68. The zero-order chi connectivity index (χ0) is 20.9. The van der Waals surface area contributed by atoms with Crippen LogP contribution >= 0.6 is 11.3 Å². The van der Waals surface area contributed by atoms with E-state index in [2.05, 4.69) is 60.2 Å². The van der Waals surface area contributed by atoms with Crippen molar-refractivity contribution >= 4 is 22.9 Å². The van der Waals surface area contributed by atoms with Gasteiger partial charge in [-0.05, 0) is 40.6 Å². The second kappa shape index (κ2) is 9.32. The topological polar surface area (TPSA) is 59.6 Å². The number of anilines is 1. The highest BCUT2D eigenvalue weighted by Crippen LogP contribution is 2.32. The molecule has 0 fully saturated rings. The van der Waals surface area contributed by atoms with Gasteiger partial charge < -0.3 is 14.8 Å². The lowest BCUT2D eigenvalue weighted by Gasteiger charge is -2.20. The van der Waals surface area contributed by atoms with Crippen LogP contribution < -0.4 is 20.1 Å². The molecule has 0 unspecified atom stereocenters. The lowest BCUT2D eigenvalue weighted by molar-refractivity contribution is -0.115. The van der Waals surface area contributed by atoms with Gasteiger partial charge in [0.05, 0.1) is 12.6 Å². The minimum absolute atomic E-state index is 0.0303. The highest BCUT2D eigenvalue weighted by atomic mass is 32.1. The fourth-order valence-corrected chi connectivity index (χ4v) is 4.26. The Bertz CT molecular complexity index is 984. The van der Waals surface area contributed by atoms with E-state index in [1.54, 1.807) is 17.4 Å². The Labute approximate surface area is 181 Å². The fraction of sp³-hybridized carbons (Fsp3) is 0.292. The third-order valence-corrected chi connectivity index (χ3v) is 5.99. The van der Waals surface area contributed by atoms with Crippen molar-refractivity contribution in [2.75, 3.05) is 25.1 Å². The second-order valence-corrected chi connectivity index (χ2v) is 8.54. The first-order valence-electron chi connectivity index (χ1n) is 10.2. The molecular formula is C24H26N2O3S. The van der Waals surface area contributed by atoms with Crippen molar-refractivity contribution in [1.29, 1.82) is 0 Å². The summed E-state index contributed by atoms with van der Waals surface area (Å²) in [4.78, 5) is 13.8. The van der Waals surface area contributed by atoms with Crippen LogP contribution in [0.3, 0.4) is 0 Å². The maximum absolute atomic E-state index is 12.6. The number of carbonyl (C=O) groups excluding carboxylic acids is 1. The van der Waals surface area contributed by atoms with E-state index >= 15 is 0 Å². The molecule has 0 aliphatic carbocycles. The molecule has 1 atom stereocenters. The minimum atomic E-state index is -0.105. The van der Waals surface area contributed by atoms with Crippen LogP contribution in [0.4, 0.5) is 5.69 Å².